The summed E-state index contributed by atoms with van der Waals surface area (Å²) in [5.41, 5.74) is 1.15. The van der Waals surface area contributed by atoms with Gasteiger partial charge in [-0.05, 0) is 51.3 Å². The molecule has 4 heteroatoms. The van der Waals surface area contributed by atoms with Gasteiger partial charge in [0.1, 0.15) is 11.5 Å². The van der Waals surface area contributed by atoms with E-state index < -0.39 is 17.3 Å². The third-order valence-electron chi connectivity index (χ3n) is 3.92. The van der Waals surface area contributed by atoms with Crippen molar-refractivity contribution in [3.8, 4) is 5.75 Å². The van der Waals surface area contributed by atoms with Gasteiger partial charge in [-0.2, -0.15) is 0 Å². The van der Waals surface area contributed by atoms with Crippen LogP contribution < -0.4 is 4.74 Å². The molecule has 1 aromatic rings. The molecule has 0 heterocycles. The lowest BCUT2D eigenvalue weighted by Gasteiger charge is -2.25. The van der Waals surface area contributed by atoms with Gasteiger partial charge in [0.25, 0.3) is 0 Å². The summed E-state index contributed by atoms with van der Waals surface area (Å²) in [5, 5.41) is 9.26. The molecular weight excluding hydrogens is 280 g/mol. The standard InChI is InChI=1S/C18H26O4/c1-6-15(19)14(10-18(4,5)17(20)21)11-22-16-9-12(2)7-8-13(16)3/h7-9,14H,6,10-11H2,1-5H3,(H,20,21). The molecule has 0 spiro atoms. The number of aryl methyl sites for hydroxylation is 2. The molecule has 0 aliphatic carbocycles. The highest BCUT2D eigenvalue weighted by Gasteiger charge is 2.33. The number of rotatable bonds is 8. The number of hydrogen-bond donors (Lipinski definition) is 1. The number of benzene rings is 1. The van der Waals surface area contributed by atoms with E-state index in [2.05, 4.69) is 0 Å². The molecule has 0 radical (unpaired) electrons. The van der Waals surface area contributed by atoms with Crippen molar-refractivity contribution in [2.75, 3.05) is 6.61 Å². The first-order chi connectivity index (χ1) is 10.2. The number of Topliss-reactive ketones (excluding diaryl/α,β-unsaturated/α-hetero) is 1. The maximum absolute atomic E-state index is 12.1. The lowest BCUT2D eigenvalue weighted by atomic mass is 9.81. The molecule has 22 heavy (non-hydrogen) atoms. The van der Waals surface area contributed by atoms with Crippen molar-refractivity contribution >= 4 is 11.8 Å². The van der Waals surface area contributed by atoms with Crippen LogP contribution in [-0.2, 0) is 9.59 Å². The van der Waals surface area contributed by atoms with Crippen LogP contribution >= 0.6 is 0 Å². The number of carbonyl (C=O) groups excluding carboxylic acids is 1. The molecule has 4 nitrogen and oxygen atoms in total. The number of carbonyl (C=O) groups is 2. The fourth-order valence-electron chi connectivity index (χ4n) is 2.31. The predicted octanol–water partition coefficient (Wildman–Crippen LogP) is 3.78. The van der Waals surface area contributed by atoms with Crippen LogP contribution in [0.15, 0.2) is 18.2 Å². The topological polar surface area (TPSA) is 63.6 Å². The van der Waals surface area contributed by atoms with E-state index in [9.17, 15) is 14.7 Å². The fourth-order valence-corrected chi connectivity index (χ4v) is 2.31. The second kappa shape index (κ2) is 7.43. The summed E-state index contributed by atoms with van der Waals surface area (Å²) in [5.74, 6) is -0.509. The van der Waals surface area contributed by atoms with Gasteiger partial charge in [-0.3, -0.25) is 9.59 Å². The minimum atomic E-state index is -0.944. The molecule has 0 bridgehead atoms. The van der Waals surface area contributed by atoms with Crippen molar-refractivity contribution in [2.45, 2.75) is 47.5 Å². The molecule has 0 aromatic heterocycles. The van der Waals surface area contributed by atoms with Crippen molar-refractivity contribution < 1.29 is 19.4 Å². The second-order valence-corrected chi connectivity index (χ2v) is 6.49. The minimum Gasteiger partial charge on any atom is -0.493 e. The SMILES string of the molecule is CCC(=O)C(COc1cc(C)ccc1C)CC(C)(C)C(=O)O. The first-order valence-electron chi connectivity index (χ1n) is 7.63. The van der Waals surface area contributed by atoms with Crippen molar-refractivity contribution in [3.05, 3.63) is 29.3 Å². The van der Waals surface area contributed by atoms with E-state index in [4.69, 9.17) is 4.74 Å². The monoisotopic (exact) mass is 306 g/mol. The Kier molecular flexibility index (Phi) is 6.15. The summed E-state index contributed by atoms with van der Waals surface area (Å²) < 4.78 is 5.81. The number of aliphatic carboxylic acids is 1. The normalized spacial score (nSPS) is 12.8. The Morgan fingerprint density at radius 1 is 1.27 bits per heavy atom. The van der Waals surface area contributed by atoms with E-state index in [0.29, 0.717) is 6.42 Å². The van der Waals surface area contributed by atoms with Crippen molar-refractivity contribution in [2.24, 2.45) is 11.3 Å². The zero-order valence-electron chi connectivity index (χ0n) is 14.1. The van der Waals surface area contributed by atoms with Gasteiger partial charge in [0.2, 0.25) is 0 Å². The molecule has 0 saturated carbocycles. The maximum Gasteiger partial charge on any atom is 0.309 e. The molecule has 0 aliphatic heterocycles. The molecule has 1 atom stereocenters. The Balaban J connectivity index is 2.84. The Bertz CT molecular complexity index is 546. The van der Waals surface area contributed by atoms with Crippen LogP contribution in [0.25, 0.3) is 0 Å². The molecule has 1 rings (SSSR count). The summed E-state index contributed by atoms with van der Waals surface area (Å²) in [6, 6.07) is 5.91. The maximum atomic E-state index is 12.1. The van der Waals surface area contributed by atoms with Gasteiger partial charge in [-0.1, -0.05) is 19.1 Å². The highest BCUT2D eigenvalue weighted by molar-refractivity contribution is 5.82. The van der Waals surface area contributed by atoms with Crippen LogP contribution in [0.2, 0.25) is 0 Å². The highest BCUT2D eigenvalue weighted by Crippen LogP contribution is 2.28. The van der Waals surface area contributed by atoms with Gasteiger partial charge in [-0.15, -0.1) is 0 Å². The zero-order chi connectivity index (χ0) is 16.9. The molecule has 1 aromatic carbocycles. The van der Waals surface area contributed by atoms with Gasteiger partial charge in [0.15, 0.2) is 0 Å². The Labute approximate surface area is 132 Å². The van der Waals surface area contributed by atoms with Crippen LogP contribution in [0, 0.1) is 25.2 Å². The summed E-state index contributed by atoms with van der Waals surface area (Å²) in [7, 11) is 0. The van der Waals surface area contributed by atoms with E-state index >= 15 is 0 Å². The lowest BCUT2D eigenvalue weighted by molar-refractivity contribution is -0.148. The van der Waals surface area contributed by atoms with Crippen LogP contribution in [0.3, 0.4) is 0 Å². The van der Waals surface area contributed by atoms with Crippen LogP contribution in [0.5, 0.6) is 5.75 Å². The van der Waals surface area contributed by atoms with Gasteiger partial charge < -0.3 is 9.84 Å². The second-order valence-electron chi connectivity index (χ2n) is 6.49. The molecule has 1 unspecified atom stereocenters. The highest BCUT2D eigenvalue weighted by atomic mass is 16.5. The number of carboxylic acid groups (broad SMARTS) is 1. The summed E-state index contributed by atoms with van der Waals surface area (Å²) >= 11 is 0. The third kappa shape index (κ3) is 4.86. The zero-order valence-corrected chi connectivity index (χ0v) is 14.1. The molecule has 0 amide bonds. The molecule has 0 aliphatic rings. The largest absolute Gasteiger partial charge is 0.493 e. The quantitative estimate of drug-likeness (QED) is 0.794. The number of carboxylic acids is 1. The summed E-state index contributed by atoms with van der Waals surface area (Å²) in [6.07, 6.45) is 0.663. The molecular formula is C18H26O4. The first-order valence-corrected chi connectivity index (χ1v) is 7.63. The molecule has 0 saturated heterocycles. The summed E-state index contributed by atoms with van der Waals surface area (Å²) in [6.45, 7) is 9.22. The van der Waals surface area contributed by atoms with E-state index in [1.54, 1.807) is 20.8 Å². The predicted molar refractivity (Wildman–Crippen MR) is 86.2 cm³/mol. The van der Waals surface area contributed by atoms with Crippen LogP contribution in [0.1, 0.15) is 44.7 Å². The number of hydrogen-bond acceptors (Lipinski definition) is 3. The Hall–Kier alpha value is -1.84. The van der Waals surface area contributed by atoms with Gasteiger partial charge in [0, 0.05) is 6.42 Å². The average molecular weight is 306 g/mol. The first kappa shape index (κ1) is 18.2. The van der Waals surface area contributed by atoms with E-state index in [0.717, 1.165) is 16.9 Å². The molecule has 122 valence electrons. The van der Waals surface area contributed by atoms with Crippen molar-refractivity contribution in [1.29, 1.82) is 0 Å². The van der Waals surface area contributed by atoms with E-state index in [1.807, 2.05) is 32.0 Å². The fraction of sp³-hybridized carbons (Fsp3) is 0.556. The van der Waals surface area contributed by atoms with Crippen molar-refractivity contribution in [1.82, 2.24) is 0 Å². The van der Waals surface area contributed by atoms with Crippen molar-refractivity contribution in [3.63, 3.8) is 0 Å². The van der Waals surface area contributed by atoms with Crippen LogP contribution in [0.4, 0.5) is 0 Å². The van der Waals surface area contributed by atoms with Crippen LogP contribution in [-0.4, -0.2) is 23.5 Å². The molecule has 0 fully saturated rings. The van der Waals surface area contributed by atoms with E-state index in [1.165, 1.54) is 0 Å². The Morgan fingerprint density at radius 3 is 2.45 bits per heavy atom. The number of ketones is 1. The number of ether oxygens (including phenoxy) is 1. The average Bonchev–Trinajstić information content (AvgIpc) is 2.45. The Morgan fingerprint density at radius 2 is 1.91 bits per heavy atom. The lowest BCUT2D eigenvalue weighted by Crippen LogP contribution is -2.32. The van der Waals surface area contributed by atoms with E-state index in [-0.39, 0.29) is 18.8 Å². The molecule has 1 N–H and O–H groups in total. The minimum absolute atomic E-state index is 0.0413. The van der Waals surface area contributed by atoms with Gasteiger partial charge >= 0.3 is 5.97 Å². The van der Waals surface area contributed by atoms with Gasteiger partial charge in [0.05, 0.1) is 17.9 Å². The smallest absolute Gasteiger partial charge is 0.309 e. The third-order valence-corrected chi connectivity index (χ3v) is 3.92. The van der Waals surface area contributed by atoms with Gasteiger partial charge in [-0.25, -0.2) is 0 Å². The summed E-state index contributed by atoms with van der Waals surface area (Å²) in [4.78, 5) is 23.4.